The number of carbonyl (C=O) groups excluding carboxylic acids is 2. The Morgan fingerprint density at radius 3 is 2.58 bits per heavy atom. The van der Waals surface area contributed by atoms with Gasteiger partial charge < -0.3 is 11.1 Å². The molecule has 4 heteroatoms. The minimum absolute atomic E-state index is 0.153. The van der Waals surface area contributed by atoms with Gasteiger partial charge in [0, 0.05) is 6.54 Å². The van der Waals surface area contributed by atoms with Crippen molar-refractivity contribution in [3.63, 3.8) is 0 Å². The summed E-state index contributed by atoms with van der Waals surface area (Å²) in [6.45, 7) is 5.93. The smallest absolute Gasteiger partial charge is 0.231 e. The molecular formula is C15H18N2O2. The van der Waals surface area contributed by atoms with Crippen LogP contribution in [0.2, 0.25) is 0 Å². The summed E-state index contributed by atoms with van der Waals surface area (Å²) in [5, 5.41) is 2.77. The van der Waals surface area contributed by atoms with Gasteiger partial charge >= 0.3 is 0 Å². The summed E-state index contributed by atoms with van der Waals surface area (Å²) in [5.41, 5.74) is 6.54. The number of hydrogen-bond acceptors (Lipinski definition) is 2. The molecule has 2 unspecified atom stereocenters. The molecule has 0 heterocycles. The SMILES string of the molecule is C=CCNC(=O)C1(c2ccc(C)cc2)CC1C(N)=O. The summed E-state index contributed by atoms with van der Waals surface area (Å²) in [5.74, 6) is -0.991. The fraction of sp³-hybridized carbons (Fsp3) is 0.333. The average molecular weight is 258 g/mol. The standard InChI is InChI=1S/C15H18N2O2/c1-3-8-17-14(19)15(9-12(15)13(16)18)11-6-4-10(2)5-7-11/h3-7,12H,1,8-9H2,2H3,(H2,16,18)(H,17,19). The van der Waals surface area contributed by atoms with Gasteiger partial charge in [-0.2, -0.15) is 0 Å². The third-order valence-electron chi connectivity index (χ3n) is 3.68. The zero-order valence-electron chi connectivity index (χ0n) is 11.0. The molecule has 100 valence electrons. The highest BCUT2D eigenvalue weighted by Crippen LogP contribution is 2.54. The van der Waals surface area contributed by atoms with Crippen molar-refractivity contribution in [3.05, 3.63) is 48.0 Å². The number of carbonyl (C=O) groups is 2. The predicted octanol–water partition coefficient (Wildman–Crippen LogP) is 1.04. The van der Waals surface area contributed by atoms with Crippen molar-refractivity contribution < 1.29 is 9.59 Å². The second-order valence-corrected chi connectivity index (χ2v) is 5.00. The first kappa shape index (κ1) is 13.3. The fourth-order valence-electron chi connectivity index (χ4n) is 2.48. The van der Waals surface area contributed by atoms with Gasteiger partial charge in [-0.15, -0.1) is 6.58 Å². The van der Waals surface area contributed by atoms with E-state index in [1.54, 1.807) is 6.08 Å². The second kappa shape index (κ2) is 4.88. The molecule has 0 saturated heterocycles. The number of primary amides is 1. The molecule has 0 radical (unpaired) electrons. The van der Waals surface area contributed by atoms with E-state index in [0.717, 1.165) is 11.1 Å². The highest BCUT2D eigenvalue weighted by molar-refractivity contribution is 6.00. The van der Waals surface area contributed by atoms with Crippen molar-refractivity contribution in [1.82, 2.24) is 5.32 Å². The van der Waals surface area contributed by atoms with Gasteiger partial charge in [0.2, 0.25) is 11.8 Å². The summed E-state index contributed by atoms with van der Waals surface area (Å²) in [4.78, 5) is 23.7. The van der Waals surface area contributed by atoms with Crippen LogP contribution < -0.4 is 11.1 Å². The van der Waals surface area contributed by atoms with E-state index in [1.807, 2.05) is 31.2 Å². The van der Waals surface area contributed by atoms with E-state index < -0.39 is 17.2 Å². The van der Waals surface area contributed by atoms with E-state index in [4.69, 9.17) is 5.73 Å². The monoisotopic (exact) mass is 258 g/mol. The maximum Gasteiger partial charge on any atom is 0.231 e. The number of rotatable bonds is 5. The second-order valence-electron chi connectivity index (χ2n) is 5.00. The van der Waals surface area contributed by atoms with E-state index in [9.17, 15) is 9.59 Å². The first-order chi connectivity index (χ1) is 9.02. The molecule has 3 N–H and O–H groups in total. The highest BCUT2D eigenvalue weighted by Gasteiger charge is 2.63. The third-order valence-corrected chi connectivity index (χ3v) is 3.68. The Morgan fingerprint density at radius 1 is 1.47 bits per heavy atom. The topological polar surface area (TPSA) is 72.2 Å². The molecule has 0 aromatic heterocycles. The molecule has 1 aliphatic rings. The van der Waals surface area contributed by atoms with Gasteiger partial charge in [0.05, 0.1) is 11.3 Å². The lowest BCUT2D eigenvalue weighted by atomic mass is 9.91. The van der Waals surface area contributed by atoms with E-state index in [2.05, 4.69) is 11.9 Å². The molecule has 0 spiro atoms. The summed E-state index contributed by atoms with van der Waals surface area (Å²) < 4.78 is 0. The van der Waals surface area contributed by atoms with Gasteiger partial charge in [0.15, 0.2) is 0 Å². The summed E-state index contributed by atoms with van der Waals surface area (Å²) >= 11 is 0. The molecule has 2 rings (SSSR count). The zero-order chi connectivity index (χ0) is 14.0. The van der Waals surface area contributed by atoms with Gasteiger partial charge in [0.25, 0.3) is 0 Å². The summed E-state index contributed by atoms with van der Waals surface area (Å²) in [6, 6.07) is 7.67. The van der Waals surface area contributed by atoms with Crippen molar-refractivity contribution in [1.29, 1.82) is 0 Å². The Balaban J connectivity index is 2.32. The van der Waals surface area contributed by atoms with Gasteiger partial charge in [0.1, 0.15) is 0 Å². The van der Waals surface area contributed by atoms with E-state index >= 15 is 0 Å². The lowest BCUT2D eigenvalue weighted by Gasteiger charge is -2.17. The summed E-state index contributed by atoms with van der Waals surface area (Å²) in [6.07, 6.45) is 2.09. The number of amides is 2. The van der Waals surface area contributed by atoms with Crippen molar-refractivity contribution >= 4 is 11.8 Å². The minimum Gasteiger partial charge on any atom is -0.369 e. The Bertz CT molecular complexity index is 521. The van der Waals surface area contributed by atoms with Crippen LogP contribution in [0.1, 0.15) is 17.5 Å². The van der Waals surface area contributed by atoms with Crippen molar-refractivity contribution in [2.75, 3.05) is 6.54 Å². The molecule has 2 amide bonds. The van der Waals surface area contributed by atoms with Crippen molar-refractivity contribution in [2.45, 2.75) is 18.8 Å². The Morgan fingerprint density at radius 2 is 2.11 bits per heavy atom. The van der Waals surface area contributed by atoms with Crippen LogP contribution >= 0.6 is 0 Å². The van der Waals surface area contributed by atoms with Crippen LogP contribution in [0.4, 0.5) is 0 Å². The Labute approximate surface area is 112 Å². The largest absolute Gasteiger partial charge is 0.369 e. The molecule has 1 aromatic carbocycles. The first-order valence-electron chi connectivity index (χ1n) is 6.28. The van der Waals surface area contributed by atoms with E-state index in [-0.39, 0.29) is 5.91 Å². The number of benzene rings is 1. The lowest BCUT2D eigenvalue weighted by molar-refractivity contribution is -0.127. The number of aryl methyl sites for hydroxylation is 1. The van der Waals surface area contributed by atoms with Crippen LogP contribution in [-0.2, 0) is 15.0 Å². The Kier molecular flexibility index (Phi) is 3.42. The summed E-state index contributed by atoms with van der Waals surface area (Å²) in [7, 11) is 0. The van der Waals surface area contributed by atoms with Crippen LogP contribution in [0.3, 0.4) is 0 Å². The number of hydrogen-bond donors (Lipinski definition) is 2. The Hall–Kier alpha value is -2.10. The van der Waals surface area contributed by atoms with Crippen molar-refractivity contribution in [2.24, 2.45) is 11.7 Å². The van der Waals surface area contributed by atoms with Gasteiger partial charge in [-0.3, -0.25) is 9.59 Å². The third kappa shape index (κ3) is 2.26. The number of nitrogens with one attached hydrogen (secondary N) is 1. The van der Waals surface area contributed by atoms with Gasteiger partial charge in [-0.05, 0) is 18.9 Å². The predicted molar refractivity (Wildman–Crippen MR) is 73.4 cm³/mol. The van der Waals surface area contributed by atoms with E-state index in [0.29, 0.717) is 13.0 Å². The maximum atomic E-state index is 12.3. The van der Waals surface area contributed by atoms with E-state index in [1.165, 1.54) is 0 Å². The fourth-order valence-corrected chi connectivity index (χ4v) is 2.48. The van der Waals surface area contributed by atoms with Crippen LogP contribution in [0.5, 0.6) is 0 Å². The first-order valence-corrected chi connectivity index (χ1v) is 6.28. The molecule has 2 atom stereocenters. The van der Waals surface area contributed by atoms with Crippen LogP contribution in [0.15, 0.2) is 36.9 Å². The molecule has 1 saturated carbocycles. The molecule has 1 aliphatic carbocycles. The van der Waals surface area contributed by atoms with Crippen LogP contribution in [0.25, 0.3) is 0 Å². The highest BCUT2D eigenvalue weighted by atomic mass is 16.2. The minimum atomic E-state index is -0.789. The molecule has 0 bridgehead atoms. The molecule has 19 heavy (non-hydrogen) atoms. The molecule has 0 aliphatic heterocycles. The molecular weight excluding hydrogens is 240 g/mol. The van der Waals surface area contributed by atoms with Gasteiger partial charge in [-0.25, -0.2) is 0 Å². The average Bonchev–Trinajstić information content (AvgIpc) is 3.13. The number of nitrogens with two attached hydrogens (primary N) is 1. The van der Waals surface area contributed by atoms with Crippen LogP contribution in [0, 0.1) is 12.8 Å². The molecule has 1 aromatic rings. The van der Waals surface area contributed by atoms with Crippen LogP contribution in [-0.4, -0.2) is 18.4 Å². The molecule has 1 fully saturated rings. The molecule has 4 nitrogen and oxygen atoms in total. The van der Waals surface area contributed by atoms with Crippen molar-refractivity contribution in [3.8, 4) is 0 Å². The lowest BCUT2D eigenvalue weighted by Crippen LogP contribution is -2.38. The maximum absolute atomic E-state index is 12.3. The normalized spacial score (nSPS) is 24.6. The zero-order valence-corrected chi connectivity index (χ0v) is 11.0. The van der Waals surface area contributed by atoms with Gasteiger partial charge in [-0.1, -0.05) is 35.9 Å². The quantitative estimate of drug-likeness (QED) is 0.775.